The molecule has 3 fully saturated rings. The van der Waals surface area contributed by atoms with Crippen molar-refractivity contribution in [3.8, 4) is 0 Å². The molecule has 1 saturated carbocycles. The van der Waals surface area contributed by atoms with Crippen LogP contribution in [0.4, 0.5) is 22.9 Å². The summed E-state index contributed by atoms with van der Waals surface area (Å²) in [6.45, 7) is 10.4. The largest absolute Gasteiger partial charge is 0.378 e. The minimum absolute atomic E-state index is 0.552. The van der Waals surface area contributed by atoms with Crippen molar-refractivity contribution in [2.24, 2.45) is 0 Å². The molecule has 34 heavy (non-hydrogen) atoms. The number of benzene rings is 2. The first-order chi connectivity index (χ1) is 16.7. The van der Waals surface area contributed by atoms with E-state index in [-0.39, 0.29) is 0 Å². The SMILES string of the molecule is CC.CN(C)c1ccc2nc(C3CC3)nc(N3CCN(c4ccccc4N4CCC4)CC3)c2c1. The maximum absolute atomic E-state index is 5.12. The Labute approximate surface area is 204 Å². The average molecular weight is 459 g/mol. The topological polar surface area (TPSA) is 38.7 Å². The van der Waals surface area contributed by atoms with E-state index < -0.39 is 0 Å². The maximum Gasteiger partial charge on any atom is 0.140 e. The fourth-order valence-corrected chi connectivity index (χ4v) is 4.88. The van der Waals surface area contributed by atoms with Gasteiger partial charge in [-0.25, -0.2) is 9.97 Å². The van der Waals surface area contributed by atoms with E-state index in [1.165, 1.54) is 54.8 Å². The fourth-order valence-electron chi connectivity index (χ4n) is 4.88. The lowest BCUT2D eigenvalue weighted by atomic mass is 10.1. The van der Waals surface area contributed by atoms with E-state index in [2.05, 4.69) is 76.2 Å². The summed E-state index contributed by atoms with van der Waals surface area (Å²) in [5.41, 5.74) is 5.05. The molecule has 3 heterocycles. The number of hydrogen-bond donors (Lipinski definition) is 0. The van der Waals surface area contributed by atoms with Crippen molar-refractivity contribution >= 4 is 33.8 Å². The molecule has 0 amide bonds. The minimum atomic E-state index is 0.552. The molecule has 0 unspecified atom stereocenters. The Morgan fingerprint density at radius 2 is 1.38 bits per heavy atom. The first-order valence-electron chi connectivity index (χ1n) is 13.0. The number of aromatic nitrogens is 2. The highest BCUT2D eigenvalue weighted by Gasteiger charge is 2.30. The van der Waals surface area contributed by atoms with E-state index in [4.69, 9.17) is 9.97 Å². The molecular formula is C28H38N6. The quantitative estimate of drug-likeness (QED) is 0.527. The fraction of sp³-hybridized carbons (Fsp3) is 0.500. The molecule has 0 N–H and O–H groups in total. The summed E-state index contributed by atoms with van der Waals surface area (Å²) in [6.07, 6.45) is 3.75. The summed E-state index contributed by atoms with van der Waals surface area (Å²) in [4.78, 5) is 19.8. The van der Waals surface area contributed by atoms with Gasteiger partial charge in [-0.05, 0) is 49.6 Å². The Morgan fingerprint density at radius 1 is 0.765 bits per heavy atom. The van der Waals surface area contributed by atoms with Crippen molar-refractivity contribution in [3.05, 3.63) is 48.3 Å². The van der Waals surface area contributed by atoms with Gasteiger partial charge in [-0.15, -0.1) is 0 Å². The van der Waals surface area contributed by atoms with E-state index in [0.29, 0.717) is 5.92 Å². The summed E-state index contributed by atoms with van der Waals surface area (Å²) in [5.74, 6) is 2.71. The summed E-state index contributed by atoms with van der Waals surface area (Å²) in [7, 11) is 4.18. The average Bonchev–Trinajstić information content (AvgIpc) is 3.69. The van der Waals surface area contributed by atoms with Crippen LogP contribution in [0.1, 0.15) is 44.9 Å². The molecule has 0 radical (unpaired) electrons. The second-order valence-corrected chi connectivity index (χ2v) is 9.58. The van der Waals surface area contributed by atoms with Gasteiger partial charge in [0.05, 0.1) is 16.9 Å². The Balaban J connectivity index is 0.00000117. The van der Waals surface area contributed by atoms with Crippen molar-refractivity contribution in [3.63, 3.8) is 0 Å². The van der Waals surface area contributed by atoms with Gasteiger partial charge >= 0.3 is 0 Å². The van der Waals surface area contributed by atoms with Gasteiger partial charge in [0.2, 0.25) is 0 Å². The van der Waals surface area contributed by atoms with E-state index in [1.54, 1.807) is 0 Å². The lowest BCUT2D eigenvalue weighted by Crippen LogP contribution is -2.48. The monoisotopic (exact) mass is 458 g/mol. The van der Waals surface area contributed by atoms with Gasteiger partial charge in [0.1, 0.15) is 11.6 Å². The second-order valence-electron chi connectivity index (χ2n) is 9.58. The molecule has 3 aliphatic rings. The molecule has 6 rings (SSSR count). The molecule has 6 heteroatoms. The molecular weight excluding hydrogens is 420 g/mol. The van der Waals surface area contributed by atoms with Crippen LogP contribution in [0.3, 0.4) is 0 Å². The molecule has 3 aromatic rings. The van der Waals surface area contributed by atoms with Crippen LogP contribution in [-0.4, -0.2) is 63.3 Å². The Hall–Kier alpha value is -3.02. The van der Waals surface area contributed by atoms with Gasteiger partial charge in [-0.3, -0.25) is 0 Å². The molecule has 0 atom stereocenters. The molecule has 6 nitrogen and oxygen atoms in total. The summed E-state index contributed by atoms with van der Waals surface area (Å²) < 4.78 is 0. The van der Waals surface area contributed by atoms with Crippen LogP contribution in [0.25, 0.3) is 10.9 Å². The smallest absolute Gasteiger partial charge is 0.140 e. The van der Waals surface area contributed by atoms with Crippen LogP contribution >= 0.6 is 0 Å². The predicted octanol–water partition coefficient (Wildman–Crippen LogP) is 5.14. The van der Waals surface area contributed by atoms with Crippen molar-refractivity contribution < 1.29 is 0 Å². The van der Waals surface area contributed by atoms with Gasteiger partial charge in [-0.1, -0.05) is 26.0 Å². The lowest BCUT2D eigenvalue weighted by Gasteiger charge is -2.41. The van der Waals surface area contributed by atoms with Crippen molar-refractivity contribution in [2.75, 3.05) is 73.0 Å². The van der Waals surface area contributed by atoms with Crippen LogP contribution in [0, 0.1) is 0 Å². The zero-order chi connectivity index (χ0) is 23.7. The van der Waals surface area contributed by atoms with Crippen LogP contribution in [-0.2, 0) is 0 Å². The minimum Gasteiger partial charge on any atom is -0.378 e. The number of piperazine rings is 1. The number of nitrogens with zero attached hydrogens (tertiary/aromatic N) is 6. The van der Waals surface area contributed by atoms with E-state index in [0.717, 1.165) is 43.3 Å². The van der Waals surface area contributed by atoms with Crippen LogP contribution in [0.5, 0.6) is 0 Å². The van der Waals surface area contributed by atoms with Crippen molar-refractivity contribution in [1.29, 1.82) is 0 Å². The lowest BCUT2D eigenvalue weighted by molar-refractivity contribution is 0.610. The molecule has 1 aliphatic carbocycles. The Bertz CT molecular complexity index is 1130. The van der Waals surface area contributed by atoms with Gasteiger partial charge in [-0.2, -0.15) is 0 Å². The normalized spacial score (nSPS) is 17.8. The third-order valence-electron chi connectivity index (χ3n) is 7.13. The Kier molecular flexibility index (Phi) is 6.48. The molecule has 180 valence electrons. The third kappa shape index (κ3) is 4.38. The van der Waals surface area contributed by atoms with Crippen LogP contribution in [0.2, 0.25) is 0 Å². The molecule has 2 saturated heterocycles. The van der Waals surface area contributed by atoms with E-state index in [1.807, 2.05) is 13.8 Å². The molecule has 0 spiro atoms. The molecule has 2 aliphatic heterocycles. The van der Waals surface area contributed by atoms with Gasteiger partial charge in [0.25, 0.3) is 0 Å². The third-order valence-corrected chi connectivity index (χ3v) is 7.13. The van der Waals surface area contributed by atoms with E-state index in [9.17, 15) is 0 Å². The highest BCUT2D eigenvalue weighted by atomic mass is 15.3. The number of hydrogen-bond acceptors (Lipinski definition) is 6. The predicted molar refractivity (Wildman–Crippen MR) is 145 cm³/mol. The first-order valence-corrected chi connectivity index (χ1v) is 13.0. The van der Waals surface area contributed by atoms with Crippen molar-refractivity contribution in [2.45, 2.75) is 39.0 Å². The number of fused-ring (bicyclic) bond motifs is 1. The number of anilines is 4. The summed E-state index contributed by atoms with van der Waals surface area (Å²) >= 11 is 0. The highest BCUT2D eigenvalue weighted by Crippen LogP contribution is 2.40. The Morgan fingerprint density at radius 3 is 1.94 bits per heavy atom. The number of rotatable bonds is 5. The zero-order valence-corrected chi connectivity index (χ0v) is 21.2. The summed E-state index contributed by atoms with van der Waals surface area (Å²) in [6, 6.07) is 15.5. The highest BCUT2D eigenvalue weighted by molar-refractivity contribution is 5.92. The van der Waals surface area contributed by atoms with E-state index >= 15 is 0 Å². The van der Waals surface area contributed by atoms with Gasteiger partial charge < -0.3 is 19.6 Å². The van der Waals surface area contributed by atoms with Crippen molar-refractivity contribution in [1.82, 2.24) is 9.97 Å². The molecule has 0 bridgehead atoms. The molecule has 2 aromatic carbocycles. The second kappa shape index (κ2) is 9.69. The van der Waals surface area contributed by atoms with Gasteiger partial charge in [0, 0.05) is 70.4 Å². The molecule has 1 aromatic heterocycles. The standard InChI is InChI=1S/C26H32N6.C2H6/c1-29(2)20-10-11-22-21(18-20)26(28-25(27-22)19-8-9-19)32-16-14-31(15-17-32)24-7-4-3-6-23(24)30-12-5-13-30;1-2/h3-4,6-7,10-11,18-19H,5,8-9,12-17H2,1-2H3;1-2H3. The zero-order valence-electron chi connectivity index (χ0n) is 21.2. The van der Waals surface area contributed by atoms with Crippen LogP contribution < -0.4 is 19.6 Å². The number of para-hydroxylation sites is 2. The van der Waals surface area contributed by atoms with Gasteiger partial charge in [0.15, 0.2) is 0 Å². The summed E-state index contributed by atoms with van der Waals surface area (Å²) in [5, 5.41) is 1.18. The first kappa shape index (κ1) is 22.8. The van der Waals surface area contributed by atoms with Crippen LogP contribution in [0.15, 0.2) is 42.5 Å². The maximum atomic E-state index is 5.12.